The van der Waals surface area contributed by atoms with Gasteiger partial charge >= 0.3 is 0 Å². The molecule has 0 saturated heterocycles. The van der Waals surface area contributed by atoms with Gasteiger partial charge < -0.3 is 0 Å². The Bertz CT molecular complexity index is 215. The van der Waals surface area contributed by atoms with Crippen molar-refractivity contribution < 1.29 is 9.72 Å². The largest absolute Gasteiger partial charge is 0.299 e. The van der Waals surface area contributed by atoms with Gasteiger partial charge in [-0.2, -0.15) is 0 Å². The molecule has 0 N–H and O–H groups in total. The number of unbranched alkanes of at least 4 members (excludes halogenated alkanes) is 1. The van der Waals surface area contributed by atoms with Crippen LogP contribution in [0.3, 0.4) is 0 Å². The molecule has 1 aliphatic rings. The quantitative estimate of drug-likeness (QED) is 0.387. The number of carbonyl (C=O) groups is 1. The Morgan fingerprint density at radius 1 is 1.36 bits per heavy atom. The van der Waals surface area contributed by atoms with Crippen molar-refractivity contribution >= 4 is 5.78 Å². The van der Waals surface area contributed by atoms with Gasteiger partial charge in [-0.15, -0.1) is 0 Å². The van der Waals surface area contributed by atoms with Gasteiger partial charge in [0, 0.05) is 23.7 Å². The highest BCUT2D eigenvalue weighted by molar-refractivity contribution is 5.81. The van der Waals surface area contributed by atoms with E-state index in [-0.39, 0.29) is 17.4 Å². The first-order valence-corrected chi connectivity index (χ1v) is 5.34. The third kappa shape index (κ3) is 3.85. The van der Waals surface area contributed by atoms with Crippen molar-refractivity contribution in [2.24, 2.45) is 5.92 Å². The standard InChI is InChI=1S/C10H17NO3/c12-10-7-2-1-5-9(10)6-3-4-8-11(13)14/h9H,1-8H2. The molecule has 0 bridgehead atoms. The second-order valence-electron chi connectivity index (χ2n) is 3.96. The molecule has 1 rings (SSSR count). The number of hydrogen-bond acceptors (Lipinski definition) is 3. The summed E-state index contributed by atoms with van der Waals surface area (Å²) in [6.45, 7) is 0.0426. The molecule has 0 amide bonds. The maximum Gasteiger partial charge on any atom is 0.203 e. The minimum Gasteiger partial charge on any atom is -0.299 e. The molecule has 0 spiro atoms. The molecule has 0 heterocycles. The summed E-state index contributed by atoms with van der Waals surface area (Å²) >= 11 is 0. The summed E-state index contributed by atoms with van der Waals surface area (Å²) in [5.74, 6) is 0.577. The van der Waals surface area contributed by atoms with E-state index < -0.39 is 0 Å². The smallest absolute Gasteiger partial charge is 0.203 e. The van der Waals surface area contributed by atoms with Crippen LogP contribution in [0.1, 0.15) is 44.9 Å². The van der Waals surface area contributed by atoms with Gasteiger partial charge in [0.1, 0.15) is 5.78 Å². The first kappa shape index (κ1) is 11.1. The number of Topliss-reactive ketones (excluding diaryl/α,β-unsaturated/α-hetero) is 1. The van der Waals surface area contributed by atoms with E-state index in [1.165, 1.54) is 0 Å². The number of rotatable bonds is 5. The Morgan fingerprint density at radius 3 is 2.79 bits per heavy atom. The van der Waals surface area contributed by atoms with Crippen molar-refractivity contribution in [3.8, 4) is 0 Å². The molecule has 1 fully saturated rings. The number of carbonyl (C=O) groups excluding carboxylic acids is 1. The Labute approximate surface area is 83.8 Å². The molecule has 1 unspecified atom stereocenters. The molecule has 0 aromatic heterocycles. The topological polar surface area (TPSA) is 60.2 Å². The molecule has 4 heteroatoms. The summed E-state index contributed by atoms with van der Waals surface area (Å²) in [4.78, 5) is 21.2. The highest BCUT2D eigenvalue weighted by Gasteiger charge is 2.21. The van der Waals surface area contributed by atoms with Gasteiger partial charge in [-0.05, 0) is 25.7 Å². The van der Waals surface area contributed by atoms with E-state index in [0.717, 1.165) is 38.5 Å². The van der Waals surface area contributed by atoms with E-state index in [9.17, 15) is 14.9 Å². The predicted octanol–water partition coefficient (Wildman–Crippen LogP) is 2.19. The van der Waals surface area contributed by atoms with Crippen LogP contribution in [0.25, 0.3) is 0 Å². The lowest BCUT2D eigenvalue weighted by atomic mass is 9.84. The fourth-order valence-corrected chi connectivity index (χ4v) is 1.99. The molecular weight excluding hydrogens is 182 g/mol. The summed E-state index contributed by atoms with van der Waals surface area (Å²) in [6.07, 6.45) is 6.17. The Balaban J connectivity index is 2.10. The Hall–Kier alpha value is -0.930. The number of nitrogens with zero attached hydrogens (tertiary/aromatic N) is 1. The van der Waals surface area contributed by atoms with Crippen molar-refractivity contribution in [2.75, 3.05) is 6.54 Å². The highest BCUT2D eigenvalue weighted by atomic mass is 16.6. The Kier molecular flexibility index (Phi) is 4.56. The van der Waals surface area contributed by atoms with Crippen molar-refractivity contribution in [3.05, 3.63) is 10.1 Å². The molecule has 0 aliphatic heterocycles. The third-order valence-corrected chi connectivity index (χ3v) is 2.82. The van der Waals surface area contributed by atoms with Crippen LogP contribution in [-0.2, 0) is 4.79 Å². The summed E-state index contributed by atoms with van der Waals surface area (Å²) < 4.78 is 0. The van der Waals surface area contributed by atoms with Gasteiger partial charge in [0.15, 0.2) is 0 Å². The SMILES string of the molecule is O=C1CCCCC1CCCC[N+](=O)[O-]. The van der Waals surface area contributed by atoms with Gasteiger partial charge in [0.05, 0.1) is 0 Å². The van der Waals surface area contributed by atoms with Crippen molar-refractivity contribution in [3.63, 3.8) is 0 Å². The minimum atomic E-state index is -0.289. The fraction of sp³-hybridized carbons (Fsp3) is 0.900. The molecule has 80 valence electrons. The van der Waals surface area contributed by atoms with E-state index in [2.05, 4.69) is 0 Å². The van der Waals surface area contributed by atoms with Crippen LogP contribution < -0.4 is 0 Å². The van der Waals surface area contributed by atoms with Gasteiger partial charge in [-0.1, -0.05) is 6.42 Å². The van der Waals surface area contributed by atoms with Crippen LogP contribution in [-0.4, -0.2) is 17.3 Å². The average Bonchev–Trinajstić information content (AvgIpc) is 2.15. The zero-order chi connectivity index (χ0) is 10.4. The second kappa shape index (κ2) is 5.73. The van der Waals surface area contributed by atoms with Crippen LogP contribution in [0.2, 0.25) is 0 Å². The van der Waals surface area contributed by atoms with Crippen LogP contribution in [0, 0.1) is 16.0 Å². The van der Waals surface area contributed by atoms with Crippen molar-refractivity contribution in [1.82, 2.24) is 0 Å². The third-order valence-electron chi connectivity index (χ3n) is 2.82. The molecule has 1 atom stereocenters. The van der Waals surface area contributed by atoms with Crippen molar-refractivity contribution in [1.29, 1.82) is 0 Å². The molecular formula is C10H17NO3. The lowest BCUT2D eigenvalue weighted by Crippen LogP contribution is -2.19. The van der Waals surface area contributed by atoms with E-state index in [0.29, 0.717) is 12.2 Å². The first-order chi connectivity index (χ1) is 6.70. The molecule has 0 radical (unpaired) electrons. The second-order valence-corrected chi connectivity index (χ2v) is 3.96. The zero-order valence-corrected chi connectivity index (χ0v) is 8.41. The van der Waals surface area contributed by atoms with E-state index in [4.69, 9.17) is 0 Å². The van der Waals surface area contributed by atoms with Crippen LogP contribution >= 0.6 is 0 Å². The fourth-order valence-electron chi connectivity index (χ4n) is 1.99. The van der Waals surface area contributed by atoms with Gasteiger partial charge in [-0.25, -0.2) is 0 Å². The summed E-state index contributed by atoms with van der Waals surface area (Å²) in [7, 11) is 0. The zero-order valence-electron chi connectivity index (χ0n) is 8.41. The van der Waals surface area contributed by atoms with Gasteiger partial charge in [-0.3, -0.25) is 14.9 Å². The van der Waals surface area contributed by atoms with E-state index in [1.807, 2.05) is 0 Å². The molecule has 1 saturated carbocycles. The van der Waals surface area contributed by atoms with Gasteiger partial charge in [0.2, 0.25) is 6.54 Å². The van der Waals surface area contributed by atoms with Crippen LogP contribution in [0.15, 0.2) is 0 Å². The lowest BCUT2D eigenvalue weighted by Gasteiger charge is -2.19. The average molecular weight is 199 g/mol. The number of ketones is 1. The molecule has 0 aromatic carbocycles. The highest BCUT2D eigenvalue weighted by Crippen LogP contribution is 2.24. The van der Waals surface area contributed by atoms with E-state index in [1.54, 1.807) is 0 Å². The van der Waals surface area contributed by atoms with Crippen LogP contribution in [0.5, 0.6) is 0 Å². The number of nitro groups is 1. The summed E-state index contributed by atoms with van der Waals surface area (Å²) in [6, 6.07) is 0. The maximum absolute atomic E-state index is 11.4. The van der Waals surface area contributed by atoms with Crippen molar-refractivity contribution in [2.45, 2.75) is 44.9 Å². The van der Waals surface area contributed by atoms with Crippen LogP contribution in [0.4, 0.5) is 0 Å². The molecule has 14 heavy (non-hydrogen) atoms. The monoisotopic (exact) mass is 199 g/mol. The Morgan fingerprint density at radius 2 is 2.14 bits per heavy atom. The molecule has 4 nitrogen and oxygen atoms in total. The van der Waals surface area contributed by atoms with Gasteiger partial charge in [0.25, 0.3) is 0 Å². The predicted molar refractivity (Wildman–Crippen MR) is 52.7 cm³/mol. The molecule has 0 aromatic rings. The lowest BCUT2D eigenvalue weighted by molar-refractivity contribution is -0.480. The first-order valence-electron chi connectivity index (χ1n) is 5.34. The summed E-state index contributed by atoms with van der Waals surface area (Å²) in [5, 5.41) is 10.1. The van der Waals surface area contributed by atoms with E-state index >= 15 is 0 Å². The normalized spacial score (nSPS) is 22.3. The number of hydrogen-bond donors (Lipinski definition) is 0. The molecule has 1 aliphatic carbocycles. The minimum absolute atomic E-state index is 0.0426. The summed E-state index contributed by atoms with van der Waals surface area (Å²) in [5.41, 5.74) is 0. The maximum atomic E-state index is 11.4.